The number of pyridine rings is 3. The van der Waals surface area contributed by atoms with Crippen LogP contribution in [-0.4, -0.2) is 115 Å². The molecule has 29 nitrogen and oxygen atoms in total. The minimum atomic E-state index is -4.64. The van der Waals surface area contributed by atoms with Gasteiger partial charge in [0.2, 0.25) is 0 Å². The first-order valence-electron chi connectivity index (χ1n) is 34.7. The van der Waals surface area contributed by atoms with Gasteiger partial charge in [0.25, 0.3) is 38.0 Å². The van der Waals surface area contributed by atoms with Crippen molar-refractivity contribution in [3.05, 3.63) is 291 Å². The molecule has 0 radical (unpaired) electrons. The molecule has 682 valence electrons. The van der Waals surface area contributed by atoms with Crippen LogP contribution in [-0.2, 0) is 38.8 Å². The number of hydrogen-bond donors (Lipinski definition) is 12. The number of alkyl halides is 9. The van der Waals surface area contributed by atoms with Crippen molar-refractivity contribution in [3.8, 4) is 34.5 Å². The zero-order valence-corrected chi connectivity index (χ0v) is 80.6. The van der Waals surface area contributed by atoms with Gasteiger partial charge < -0.3 is 72.6 Å². The van der Waals surface area contributed by atoms with Crippen molar-refractivity contribution < 1.29 is 132 Å². The third kappa shape index (κ3) is 40.8. The molecule has 0 atom stereocenters. The molecule has 0 saturated carbocycles. The Balaban J connectivity index is 0.000000420. The van der Waals surface area contributed by atoms with Crippen molar-refractivity contribution in [1.82, 2.24) is 30.9 Å². The van der Waals surface area contributed by atoms with E-state index < -0.39 is 88.6 Å². The molecule has 3 aromatic heterocycles. The number of carbonyl (C=O) groups excluding carboxylic acids is 6. The molecule has 0 aliphatic carbocycles. The average Bonchev–Trinajstić information content (AvgIpc) is 0.850. The number of nitrogens with zero attached hydrogens (tertiary/aromatic N) is 3. The van der Waals surface area contributed by atoms with Gasteiger partial charge in [0.1, 0.15) is 51.6 Å². The summed E-state index contributed by atoms with van der Waals surface area (Å²) in [6.45, 7) is 5.61. The molecule has 0 aliphatic rings. The number of amides is 9. The fourth-order valence-electron chi connectivity index (χ4n) is 9.17. The van der Waals surface area contributed by atoms with Gasteiger partial charge in [0.05, 0.1) is 41.5 Å². The quantitative estimate of drug-likeness (QED) is 0.0229. The Labute approximate surface area is 788 Å². The van der Waals surface area contributed by atoms with Crippen LogP contribution in [0.2, 0.25) is 15.1 Å². The van der Waals surface area contributed by atoms with E-state index in [0.717, 1.165) is 47.5 Å². The predicted molar refractivity (Wildman–Crippen MR) is 494 cm³/mol. The van der Waals surface area contributed by atoms with E-state index in [1.54, 1.807) is 122 Å². The molecule has 48 heteroatoms. The summed E-state index contributed by atoms with van der Waals surface area (Å²) in [6, 6.07) is 46.8. The Morgan fingerprint density at radius 1 is 0.378 bits per heavy atom. The maximum Gasteiger partial charge on any atom is -0.412 e. The number of aromatic nitrogens is 3. The van der Waals surface area contributed by atoms with Crippen molar-refractivity contribution in [2.75, 3.05) is 59.7 Å². The first-order valence-corrected chi connectivity index (χ1v) is 57.6. The third-order valence-electron chi connectivity index (χ3n) is 14.8. The summed E-state index contributed by atoms with van der Waals surface area (Å²) in [5.74, 6) is 1.38. The van der Waals surface area contributed by atoms with Gasteiger partial charge in [0.15, 0.2) is 0 Å². The van der Waals surface area contributed by atoms with Crippen molar-refractivity contribution in [2.45, 2.75) is 49.1 Å². The summed E-state index contributed by atoms with van der Waals surface area (Å²) >= 11 is 26.2. The topological polar surface area (TPSA) is 438 Å². The SMILES string of the molecule is CCO.CNC(=O)c1cc(Oc2ccc(NC(=O)Nc3ccc(Cl)c(C(F)(F)F)c3)cc2)ccn1.CNC(=O)c1cc(Oc2ccc(NC(=O)Nc3ccc(Cl)c(C(F)(F)F)c3)cc2)ccn1.CNC(=O)c1cc(Oc2ccc(NC(=O)Nc3ccc(Cl)c(C(F)(F)F)c3)cc2)ccn1.Cc1ccc(S(=O)(=O)O)cc1.Cc1ccc(S(=O)(=O)O)cc1.II.I[I-]I.O. The Morgan fingerprint density at radius 2 is 0.583 bits per heavy atom. The fourth-order valence-corrected chi connectivity index (χ4v) is 10.8. The number of anilines is 6. The number of nitrogens with one attached hydrogen (secondary N) is 9. The summed E-state index contributed by atoms with van der Waals surface area (Å²) in [7, 11) is -3.58. The van der Waals surface area contributed by atoms with Gasteiger partial charge >= 0.3 is 87.1 Å². The molecule has 0 fully saturated rings. The molecule has 11 aromatic rings. The third-order valence-corrected chi connectivity index (χ3v) is 17.6. The van der Waals surface area contributed by atoms with Crippen LogP contribution in [0.15, 0.2) is 241 Å². The monoisotopic (exact) mass is 2430 g/mol. The van der Waals surface area contributed by atoms with Crippen LogP contribution in [0.5, 0.6) is 34.5 Å². The fraction of sp³-hybridized carbons (Fsp3) is 0.127. The zero-order chi connectivity index (χ0) is 94.3. The molecule has 14 N–H and O–H groups in total. The van der Waals surface area contributed by atoms with Gasteiger partial charge in [0, 0.05) is 136 Å². The number of carbonyl (C=O) groups is 6. The Bertz CT molecular complexity index is 5190. The van der Waals surface area contributed by atoms with Gasteiger partial charge in [-0.1, -0.05) is 70.2 Å². The molecule has 0 spiro atoms. The normalized spacial score (nSPS) is 10.6. The Hall–Kier alpha value is -9.54. The number of ether oxygens (including phenoxy) is 3. The van der Waals surface area contributed by atoms with E-state index >= 15 is 0 Å². The van der Waals surface area contributed by atoms with E-state index in [1.807, 2.05) is 13.8 Å². The molecule has 0 unspecified atom stereocenters. The number of rotatable bonds is 17. The van der Waals surface area contributed by atoms with Crippen molar-refractivity contribution in [2.24, 2.45) is 0 Å². The van der Waals surface area contributed by atoms with Crippen LogP contribution in [0, 0.1) is 13.8 Å². The summed E-state index contributed by atoms with van der Waals surface area (Å²) in [5.41, 5.74) is 0.271. The standard InChI is InChI=1S/3C21H16ClF3N4O3.2C7H8O3S.C2H6O.I3.I2.H2O/c3*1-26-19(30)18-11-15(8-9-27-18)32-14-5-2-12(3-6-14)28-20(31)29-13-4-7-17(22)16(10-13)21(23,24)25;2*1-6-2-4-7(5-3-6)11(8,9)10;1-2-3;1-3-2;1-2;/h3*2-11H,1H3,(H,26,30)(H2,28,29,31);2*2-5H,1H3,(H,8,9,10);3H,2H2,1H3;;;1H2/q;;;;;;-1;;. The smallest absolute Gasteiger partial charge is 0.412 e. The molecule has 127 heavy (non-hydrogen) atoms. The van der Waals surface area contributed by atoms with E-state index in [0.29, 0.717) is 64.8 Å². The molecular formula is C79H72Cl3F9I5N12O17S2-. The largest absolute Gasteiger partial charge is 0.412 e. The number of urea groups is 3. The molecule has 0 aliphatic heterocycles. The molecular weight excluding hydrogens is 2360 g/mol. The second kappa shape index (κ2) is 54.7. The van der Waals surface area contributed by atoms with Crippen LogP contribution >= 0.6 is 109 Å². The van der Waals surface area contributed by atoms with Crippen LogP contribution < -0.4 is 75.3 Å². The first-order chi connectivity index (χ1) is 59.3. The van der Waals surface area contributed by atoms with Gasteiger partial charge in [-0.15, -0.1) is 0 Å². The van der Waals surface area contributed by atoms with E-state index in [1.165, 1.54) is 100 Å². The van der Waals surface area contributed by atoms with Crippen LogP contribution in [0.1, 0.15) is 66.2 Å². The maximum absolute atomic E-state index is 12.9. The minimum Gasteiger partial charge on any atom is -0.412 e. The number of aryl methyl sites for hydroxylation is 2. The summed E-state index contributed by atoms with van der Waals surface area (Å²) in [5, 5.41) is 28.0. The number of benzene rings is 8. The minimum absolute atomic E-state index is 0. The predicted octanol–water partition coefficient (Wildman–Crippen LogP) is 18.9. The number of hydrogen-bond acceptors (Lipinski definition) is 17. The van der Waals surface area contributed by atoms with Crippen LogP contribution in [0.3, 0.4) is 0 Å². The van der Waals surface area contributed by atoms with Gasteiger partial charge in [-0.2, -0.15) is 56.3 Å². The van der Waals surface area contributed by atoms with Crippen molar-refractivity contribution >= 4 is 199 Å². The van der Waals surface area contributed by atoms with E-state index in [2.05, 4.69) is 137 Å². The molecule has 9 amide bonds. The van der Waals surface area contributed by atoms with Crippen LogP contribution in [0.4, 0.5) is 88.0 Å². The first kappa shape index (κ1) is 112. The average molecular weight is 2440 g/mol. The molecule has 0 saturated heterocycles. The van der Waals surface area contributed by atoms with Gasteiger partial charge in [-0.05, 0) is 191 Å². The van der Waals surface area contributed by atoms with E-state index in [-0.39, 0.29) is 73.7 Å². The van der Waals surface area contributed by atoms with E-state index in [4.69, 9.17) is 63.2 Å². The second-order valence-electron chi connectivity index (χ2n) is 24.0. The van der Waals surface area contributed by atoms with Crippen molar-refractivity contribution in [1.29, 1.82) is 0 Å². The summed E-state index contributed by atoms with van der Waals surface area (Å²) < 4.78 is 193. The number of aliphatic hydroxyl groups excluding tert-OH is 1. The summed E-state index contributed by atoms with van der Waals surface area (Å²) in [6.07, 6.45) is -9.63. The maximum atomic E-state index is 12.9. The van der Waals surface area contributed by atoms with E-state index in [9.17, 15) is 85.1 Å². The van der Waals surface area contributed by atoms with Crippen molar-refractivity contribution in [3.63, 3.8) is 0 Å². The van der Waals surface area contributed by atoms with Crippen LogP contribution in [0.25, 0.3) is 0 Å². The number of aliphatic hydroxyl groups is 1. The molecule has 8 aromatic carbocycles. The van der Waals surface area contributed by atoms with Gasteiger partial charge in [-0.25, -0.2) is 14.4 Å². The Morgan fingerprint density at radius 3 is 0.780 bits per heavy atom. The number of halogens is 17. The molecule has 0 bridgehead atoms. The second-order valence-corrected chi connectivity index (χ2v) is 44.3. The molecule has 11 rings (SSSR count). The Kier molecular flexibility index (Phi) is 48.1. The summed E-state index contributed by atoms with van der Waals surface area (Å²) in [4.78, 5) is 83.0. The van der Waals surface area contributed by atoms with Gasteiger partial charge in [-0.3, -0.25) is 38.4 Å². The zero-order valence-electron chi connectivity index (χ0n) is 65.9. The molecule has 3 heterocycles.